The molecule has 0 radical (unpaired) electrons. The van der Waals surface area contributed by atoms with Crippen LogP contribution in [0.25, 0.3) is 21.8 Å². The van der Waals surface area contributed by atoms with Gasteiger partial charge in [0.2, 0.25) is 5.91 Å². The van der Waals surface area contributed by atoms with Gasteiger partial charge in [-0.15, -0.1) is 0 Å². The quantitative estimate of drug-likeness (QED) is 0.361. The normalized spacial score (nSPS) is 11.1. The molecule has 0 fully saturated rings. The van der Waals surface area contributed by atoms with Gasteiger partial charge < -0.3 is 10.4 Å². The van der Waals surface area contributed by atoms with Gasteiger partial charge in [-0.05, 0) is 52.9 Å². The van der Waals surface area contributed by atoms with E-state index >= 15 is 0 Å². The van der Waals surface area contributed by atoms with E-state index in [1.54, 1.807) is 24.3 Å². The third-order valence-corrected chi connectivity index (χ3v) is 5.46. The predicted octanol–water partition coefficient (Wildman–Crippen LogP) is 5.40. The largest absolute Gasteiger partial charge is 0.508 e. The number of anilines is 1. The summed E-state index contributed by atoms with van der Waals surface area (Å²) in [6.45, 7) is 0. The van der Waals surface area contributed by atoms with Crippen LogP contribution < -0.4 is 5.32 Å². The van der Waals surface area contributed by atoms with Crippen LogP contribution in [-0.4, -0.2) is 21.0 Å². The van der Waals surface area contributed by atoms with Crippen LogP contribution >= 0.6 is 0 Å². The Kier molecular flexibility index (Phi) is 5.40. The number of aromatic hydroxyl groups is 1. The smallest absolute Gasteiger partial charge is 0.229 e. The summed E-state index contributed by atoms with van der Waals surface area (Å²) >= 11 is 0. The van der Waals surface area contributed by atoms with Gasteiger partial charge in [-0.25, -0.2) is 14.4 Å². The molecule has 0 aliphatic heterocycles. The third kappa shape index (κ3) is 4.50. The van der Waals surface area contributed by atoms with Crippen molar-refractivity contribution in [1.29, 1.82) is 0 Å². The Balaban J connectivity index is 1.55. The van der Waals surface area contributed by atoms with Crippen molar-refractivity contribution in [3.63, 3.8) is 0 Å². The number of halogens is 1. The van der Waals surface area contributed by atoms with E-state index in [2.05, 4.69) is 5.32 Å². The van der Waals surface area contributed by atoms with Gasteiger partial charge in [0.1, 0.15) is 11.6 Å². The fourth-order valence-electron chi connectivity index (χ4n) is 3.85. The molecule has 0 saturated carbocycles. The van der Waals surface area contributed by atoms with Crippen molar-refractivity contribution in [2.24, 2.45) is 0 Å². The van der Waals surface area contributed by atoms with E-state index in [9.17, 15) is 14.3 Å². The Labute approximate surface area is 189 Å². The Morgan fingerprint density at radius 2 is 1.67 bits per heavy atom. The van der Waals surface area contributed by atoms with Gasteiger partial charge in [0.25, 0.3) is 0 Å². The van der Waals surface area contributed by atoms with E-state index in [1.165, 1.54) is 12.1 Å². The van der Waals surface area contributed by atoms with Crippen molar-refractivity contribution in [3.8, 4) is 5.75 Å². The van der Waals surface area contributed by atoms with Crippen molar-refractivity contribution in [2.45, 2.75) is 12.8 Å². The summed E-state index contributed by atoms with van der Waals surface area (Å²) in [6, 6.07) is 24.5. The van der Waals surface area contributed by atoms with E-state index in [0.717, 1.165) is 16.3 Å². The van der Waals surface area contributed by atoms with Gasteiger partial charge >= 0.3 is 0 Å². The molecule has 0 saturated heterocycles. The first kappa shape index (κ1) is 20.6. The van der Waals surface area contributed by atoms with Gasteiger partial charge in [-0.1, -0.05) is 48.5 Å². The minimum atomic E-state index is -0.342. The van der Waals surface area contributed by atoms with Crippen molar-refractivity contribution in [2.75, 3.05) is 5.32 Å². The van der Waals surface area contributed by atoms with Gasteiger partial charge in [-0.2, -0.15) is 0 Å². The SMILES string of the molecule is O=C(Cc1ccc(F)cc1)Nc1nc2ccc3cc(O)ccc3c2nc1Cc1ccccc1. The van der Waals surface area contributed by atoms with Crippen molar-refractivity contribution in [3.05, 3.63) is 108 Å². The van der Waals surface area contributed by atoms with Crippen LogP contribution in [-0.2, 0) is 17.6 Å². The fraction of sp³-hybridized carbons (Fsp3) is 0.0741. The summed E-state index contributed by atoms with van der Waals surface area (Å²) in [5.41, 5.74) is 3.73. The second-order valence-corrected chi connectivity index (χ2v) is 7.87. The number of phenols is 1. The number of hydrogen-bond donors (Lipinski definition) is 2. The summed E-state index contributed by atoms with van der Waals surface area (Å²) in [6.07, 6.45) is 0.589. The Bertz CT molecular complexity index is 1470. The third-order valence-electron chi connectivity index (χ3n) is 5.46. The zero-order valence-corrected chi connectivity index (χ0v) is 17.6. The molecule has 0 bridgehead atoms. The van der Waals surface area contributed by atoms with Crippen LogP contribution in [0.1, 0.15) is 16.8 Å². The molecule has 0 unspecified atom stereocenters. The monoisotopic (exact) mass is 437 g/mol. The summed E-state index contributed by atoms with van der Waals surface area (Å²) in [4.78, 5) is 22.4. The minimum Gasteiger partial charge on any atom is -0.508 e. The van der Waals surface area contributed by atoms with Crippen LogP contribution in [0.2, 0.25) is 0 Å². The lowest BCUT2D eigenvalue weighted by Crippen LogP contribution is -2.17. The van der Waals surface area contributed by atoms with E-state index in [4.69, 9.17) is 9.97 Å². The number of benzene rings is 4. The first-order valence-electron chi connectivity index (χ1n) is 10.6. The number of amides is 1. The number of nitrogens with zero attached hydrogens (tertiary/aromatic N) is 2. The highest BCUT2D eigenvalue weighted by Crippen LogP contribution is 2.28. The molecule has 4 aromatic carbocycles. The number of carbonyl (C=O) groups excluding carboxylic acids is 1. The number of nitrogens with one attached hydrogen (secondary N) is 1. The van der Waals surface area contributed by atoms with Gasteiger partial charge in [0, 0.05) is 11.8 Å². The average molecular weight is 437 g/mol. The van der Waals surface area contributed by atoms with Gasteiger partial charge in [-0.3, -0.25) is 4.79 Å². The maximum absolute atomic E-state index is 13.2. The molecule has 5 rings (SSSR count). The molecule has 0 aliphatic rings. The summed E-state index contributed by atoms with van der Waals surface area (Å²) in [7, 11) is 0. The molecule has 5 aromatic rings. The lowest BCUT2D eigenvalue weighted by Gasteiger charge is -2.13. The van der Waals surface area contributed by atoms with Crippen LogP contribution in [0.4, 0.5) is 10.2 Å². The molecule has 0 aliphatic carbocycles. The van der Waals surface area contributed by atoms with E-state index < -0.39 is 0 Å². The standard InChI is InChI=1S/C27H20FN3O2/c28-20-9-6-18(7-10-20)15-25(33)31-27-24(14-17-4-2-1-3-5-17)29-26-22-12-11-21(32)16-19(22)8-13-23(26)30-27/h1-13,16,32H,14-15H2,(H,30,31,33). The molecule has 162 valence electrons. The molecule has 2 N–H and O–H groups in total. The molecule has 1 amide bonds. The molecule has 5 nitrogen and oxygen atoms in total. The first-order chi connectivity index (χ1) is 16.0. The molecule has 33 heavy (non-hydrogen) atoms. The predicted molar refractivity (Wildman–Crippen MR) is 127 cm³/mol. The number of rotatable bonds is 5. The average Bonchev–Trinajstić information content (AvgIpc) is 2.81. The summed E-state index contributed by atoms with van der Waals surface area (Å²) < 4.78 is 13.2. The molecule has 0 atom stereocenters. The summed E-state index contributed by atoms with van der Waals surface area (Å²) in [5.74, 6) is -0.0129. The Morgan fingerprint density at radius 3 is 2.45 bits per heavy atom. The first-order valence-corrected chi connectivity index (χ1v) is 10.6. The second kappa shape index (κ2) is 8.67. The lowest BCUT2D eigenvalue weighted by molar-refractivity contribution is -0.115. The molecule has 6 heteroatoms. The summed E-state index contributed by atoms with van der Waals surface area (Å²) in [5, 5.41) is 14.5. The molecular weight excluding hydrogens is 417 g/mol. The highest BCUT2D eigenvalue weighted by atomic mass is 19.1. The minimum absolute atomic E-state index is 0.0990. The molecule has 1 aromatic heterocycles. The number of aromatic nitrogens is 2. The Hall–Kier alpha value is -4.32. The highest BCUT2D eigenvalue weighted by molar-refractivity contribution is 6.05. The maximum Gasteiger partial charge on any atom is 0.229 e. The van der Waals surface area contributed by atoms with Gasteiger partial charge in [0.15, 0.2) is 5.82 Å². The zero-order valence-electron chi connectivity index (χ0n) is 17.6. The number of hydrogen-bond acceptors (Lipinski definition) is 4. The number of carbonyl (C=O) groups is 1. The zero-order chi connectivity index (χ0) is 22.8. The van der Waals surface area contributed by atoms with E-state index in [1.807, 2.05) is 48.5 Å². The molecule has 0 spiro atoms. The van der Waals surface area contributed by atoms with Gasteiger partial charge in [0.05, 0.1) is 23.1 Å². The highest BCUT2D eigenvalue weighted by Gasteiger charge is 2.15. The maximum atomic E-state index is 13.2. The van der Waals surface area contributed by atoms with Crippen LogP contribution in [0, 0.1) is 5.82 Å². The number of phenolic OH excluding ortho intramolecular Hbond substituents is 1. The fourth-order valence-corrected chi connectivity index (χ4v) is 3.85. The number of fused-ring (bicyclic) bond motifs is 3. The van der Waals surface area contributed by atoms with Crippen molar-refractivity contribution in [1.82, 2.24) is 9.97 Å². The molecule has 1 heterocycles. The van der Waals surface area contributed by atoms with Crippen molar-refractivity contribution < 1.29 is 14.3 Å². The lowest BCUT2D eigenvalue weighted by atomic mass is 10.1. The Morgan fingerprint density at radius 1 is 0.879 bits per heavy atom. The van der Waals surface area contributed by atoms with Crippen LogP contribution in [0.5, 0.6) is 5.75 Å². The molecular formula is C27H20FN3O2. The van der Waals surface area contributed by atoms with Crippen LogP contribution in [0.3, 0.4) is 0 Å². The van der Waals surface area contributed by atoms with E-state index in [0.29, 0.717) is 34.5 Å². The van der Waals surface area contributed by atoms with Crippen LogP contribution in [0.15, 0.2) is 84.9 Å². The topological polar surface area (TPSA) is 75.1 Å². The van der Waals surface area contributed by atoms with E-state index in [-0.39, 0.29) is 23.9 Å². The second-order valence-electron chi connectivity index (χ2n) is 7.87. The van der Waals surface area contributed by atoms with Crippen molar-refractivity contribution >= 4 is 33.5 Å².